The summed E-state index contributed by atoms with van der Waals surface area (Å²) < 4.78 is 5.82. The standard InChI is InChI=1S/C22H38N2O3/c1-3-15-16-7-14(25)5-6-19(16)23-21-17(15)10-24-9-13-11-27-12-22(26,4-2)18(13)8-20(21)24/h13-21,23,25-26H,3-12H2,1-2H3/t13?,14?,15?,16?,17?,18?,19?,20?,21?,22-/m1/s1. The first-order chi connectivity index (χ1) is 13.0. The van der Waals surface area contributed by atoms with Crippen molar-refractivity contribution >= 4 is 0 Å². The molecule has 0 radical (unpaired) electrons. The molecule has 0 bridgehead atoms. The lowest BCUT2D eigenvalue weighted by molar-refractivity contribution is -0.176. The molecule has 10 atom stereocenters. The van der Waals surface area contributed by atoms with E-state index in [0.29, 0.717) is 48.4 Å². The molecule has 5 fully saturated rings. The zero-order valence-corrected chi connectivity index (χ0v) is 17.0. The second-order valence-electron chi connectivity index (χ2n) is 10.3. The molecule has 0 aromatic rings. The molecule has 5 nitrogen and oxygen atoms in total. The number of rotatable bonds is 2. The second-order valence-corrected chi connectivity index (χ2v) is 10.3. The maximum Gasteiger partial charge on any atom is 0.0910 e. The Morgan fingerprint density at radius 1 is 1.15 bits per heavy atom. The number of nitrogens with one attached hydrogen (secondary N) is 1. The van der Waals surface area contributed by atoms with Crippen molar-refractivity contribution in [2.24, 2.45) is 29.6 Å². The van der Waals surface area contributed by atoms with Crippen LogP contribution in [0.25, 0.3) is 0 Å². The smallest absolute Gasteiger partial charge is 0.0910 e. The van der Waals surface area contributed by atoms with E-state index in [-0.39, 0.29) is 6.10 Å². The molecule has 9 unspecified atom stereocenters. The highest BCUT2D eigenvalue weighted by Gasteiger charge is 2.57. The molecule has 5 rings (SSSR count). The van der Waals surface area contributed by atoms with Crippen molar-refractivity contribution in [2.75, 3.05) is 26.3 Å². The topological polar surface area (TPSA) is 65.0 Å². The molecule has 4 aliphatic heterocycles. The molecule has 5 heteroatoms. The van der Waals surface area contributed by atoms with Crippen molar-refractivity contribution < 1.29 is 14.9 Å². The summed E-state index contributed by atoms with van der Waals surface area (Å²) >= 11 is 0. The van der Waals surface area contributed by atoms with Crippen LogP contribution in [0.1, 0.15) is 52.4 Å². The van der Waals surface area contributed by atoms with Crippen molar-refractivity contribution in [3.05, 3.63) is 0 Å². The van der Waals surface area contributed by atoms with Gasteiger partial charge in [-0.2, -0.15) is 0 Å². The van der Waals surface area contributed by atoms with Crippen LogP contribution in [-0.2, 0) is 4.74 Å². The van der Waals surface area contributed by atoms with E-state index in [2.05, 4.69) is 24.1 Å². The van der Waals surface area contributed by atoms with Crippen LogP contribution in [0.2, 0.25) is 0 Å². The third-order valence-corrected chi connectivity index (χ3v) is 9.16. The monoisotopic (exact) mass is 378 g/mol. The third kappa shape index (κ3) is 2.92. The highest BCUT2D eigenvalue weighted by Crippen LogP contribution is 2.50. The summed E-state index contributed by atoms with van der Waals surface area (Å²) in [4.78, 5) is 2.73. The Labute approximate surface area is 163 Å². The van der Waals surface area contributed by atoms with Gasteiger partial charge < -0.3 is 20.3 Å². The fourth-order valence-electron chi connectivity index (χ4n) is 7.77. The molecule has 3 N–H and O–H groups in total. The van der Waals surface area contributed by atoms with E-state index in [9.17, 15) is 10.2 Å². The SMILES string of the molecule is CCC1C2CC(O)CCC2NC2C1CN1CC3COC[C@](O)(CC)C3CC21. The molecule has 0 amide bonds. The quantitative estimate of drug-likeness (QED) is 0.682. The van der Waals surface area contributed by atoms with Crippen molar-refractivity contribution in [3.8, 4) is 0 Å². The molecule has 5 aliphatic rings. The normalized spacial score (nSPS) is 55.3. The van der Waals surface area contributed by atoms with Crippen LogP contribution in [0, 0.1) is 29.6 Å². The Morgan fingerprint density at radius 3 is 2.78 bits per heavy atom. The van der Waals surface area contributed by atoms with E-state index in [4.69, 9.17) is 4.74 Å². The maximum absolute atomic E-state index is 11.2. The van der Waals surface area contributed by atoms with Crippen LogP contribution in [0.5, 0.6) is 0 Å². The summed E-state index contributed by atoms with van der Waals surface area (Å²) in [7, 11) is 0. The number of hydrogen-bond acceptors (Lipinski definition) is 5. The first kappa shape index (κ1) is 18.8. The minimum atomic E-state index is -0.636. The molecule has 4 saturated heterocycles. The fraction of sp³-hybridized carbons (Fsp3) is 1.00. The number of hydrogen-bond donors (Lipinski definition) is 3. The van der Waals surface area contributed by atoms with Gasteiger partial charge in [0.1, 0.15) is 0 Å². The van der Waals surface area contributed by atoms with Crippen LogP contribution in [-0.4, -0.2) is 71.2 Å². The molecule has 0 aromatic carbocycles. The van der Waals surface area contributed by atoms with E-state index < -0.39 is 5.60 Å². The number of piperidine rings is 2. The summed E-state index contributed by atoms with van der Waals surface area (Å²) in [6.45, 7) is 8.06. The Kier molecular flexibility index (Phi) is 4.84. The third-order valence-electron chi connectivity index (χ3n) is 9.16. The summed E-state index contributed by atoms with van der Waals surface area (Å²) in [5.41, 5.74) is -0.636. The highest BCUT2D eigenvalue weighted by molar-refractivity contribution is 5.12. The predicted molar refractivity (Wildman–Crippen MR) is 104 cm³/mol. The van der Waals surface area contributed by atoms with Crippen molar-refractivity contribution in [1.29, 1.82) is 0 Å². The molecule has 4 heterocycles. The van der Waals surface area contributed by atoms with Gasteiger partial charge >= 0.3 is 0 Å². The van der Waals surface area contributed by atoms with Crippen LogP contribution in [0.3, 0.4) is 0 Å². The molecule has 0 aromatic heterocycles. The van der Waals surface area contributed by atoms with E-state index in [0.717, 1.165) is 51.2 Å². The van der Waals surface area contributed by atoms with E-state index in [1.807, 2.05) is 0 Å². The maximum atomic E-state index is 11.2. The lowest BCUT2D eigenvalue weighted by Gasteiger charge is -2.53. The zero-order valence-electron chi connectivity index (χ0n) is 17.0. The average Bonchev–Trinajstić information content (AvgIpc) is 3.02. The van der Waals surface area contributed by atoms with Gasteiger partial charge in [-0.1, -0.05) is 20.3 Å². The largest absolute Gasteiger partial charge is 0.393 e. The molecule has 27 heavy (non-hydrogen) atoms. The van der Waals surface area contributed by atoms with Gasteiger partial charge in [-0.15, -0.1) is 0 Å². The van der Waals surface area contributed by atoms with Gasteiger partial charge in [0.2, 0.25) is 0 Å². The van der Waals surface area contributed by atoms with Crippen LogP contribution in [0.4, 0.5) is 0 Å². The molecule has 0 spiro atoms. The molecule has 1 aliphatic carbocycles. The fourth-order valence-corrected chi connectivity index (χ4v) is 7.77. The summed E-state index contributed by atoms with van der Waals surface area (Å²) in [5.74, 6) is 2.92. The molecule has 1 saturated carbocycles. The minimum Gasteiger partial charge on any atom is -0.393 e. The number of nitrogens with zero attached hydrogens (tertiary/aromatic N) is 1. The molecule has 154 valence electrons. The molecular formula is C22H38N2O3. The van der Waals surface area contributed by atoms with Gasteiger partial charge in [-0.25, -0.2) is 0 Å². The summed E-state index contributed by atoms with van der Waals surface area (Å²) in [6, 6.07) is 1.71. The first-order valence-electron chi connectivity index (χ1n) is 11.5. The van der Waals surface area contributed by atoms with Crippen LogP contribution in [0.15, 0.2) is 0 Å². The number of aliphatic hydroxyl groups is 2. The average molecular weight is 379 g/mol. The Bertz CT molecular complexity index is 560. The van der Waals surface area contributed by atoms with Crippen molar-refractivity contribution in [2.45, 2.75) is 82.2 Å². The van der Waals surface area contributed by atoms with E-state index in [1.165, 1.54) is 13.0 Å². The van der Waals surface area contributed by atoms with E-state index >= 15 is 0 Å². The highest BCUT2D eigenvalue weighted by atomic mass is 16.5. The van der Waals surface area contributed by atoms with Crippen molar-refractivity contribution in [3.63, 3.8) is 0 Å². The van der Waals surface area contributed by atoms with Crippen LogP contribution >= 0.6 is 0 Å². The molecular weight excluding hydrogens is 340 g/mol. The van der Waals surface area contributed by atoms with Gasteiger partial charge in [-0.05, 0) is 55.8 Å². The summed E-state index contributed by atoms with van der Waals surface area (Å²) in [6.07, 6.45) is 6.10. The van der Waals surface area contributed by atoms with Gasteiger partial charge in [0, 0.05) is 37.1 Å². The van der Waals surface area contributed by atoms with Gasteiger partial charge in [0.25, 0.3) is 0 Å². The Hall–Kier alpha value is -0.200. The van der Waals surface area contributed by atoms with Crippen LogP contribution < -0.4 is 5.32 Å². The summed E-state index contributed by atoms with van der Waals surface area (Å²) in [5, 5.41) is 25.5. The van der Waals surface area contributed by atoms with Gasteiger partial charge in [0.05, 0.1) is 24.9 Å². The second kappa shape index (κ2) is 6.94. The lowest BCUT2D eigenvalue weighted by Crippen LogP contribution is -2.63. The van der Waals surface area contributed by atoms with Crippen molar-refractivity contribution in [1.82, 2.24) is 10.2 Å². The minimum absolute atomic E-state index is 0.0952. The Morgan fingerprint density at radius 2 is 2.00 bits per heavy atom. The Balaban J connectivity index is 1.40. The van der Waals surface area contributed by atoms with Gasteiger partial charge in [-0.3, -0.25) is 4.90 Å². The van der Waals surface area contributed by atoms with Gasteiger partial charge in [0.15, 0.2) is 0 Å². The number of ether oxygens (including phenoxy) is 1. The number of aliphatic hydroxyl groups excluding tert-OH is 1. The first-order valence-corrected chi connectivity index (χ1v) is 11.5. The zero-order chi connectivity index (χ0) is 18.8. The predicted octanol–water partition coefficient (Wildman–Crippen LogP) is 1.62. The van der Waals surface area contributed by atoms with E-state index in [1.54, 1.807) is 0 Å². The number of fused-ring (bicyclic) bond motifs is 5. The lowest BCUT2D eigenvalue weighted by atomic mass is 9.63.